The van der Waals surface area contributed by atoms with E-state index in [-0.39, 0.29) is 23.5 Å². The summed E-state index contributed by atoms with van der Waals surface area (Å²) in [6, 6.07) is 9.03. The number of amides is 2. The summed E-state index contributed by atoms with van der Waals surface area (Å²) in [5.74, 6) is -1.64. The van der Waals surface area contributed by atoms with Crippen LogP contribution in [-0.4, -0.2) is 38.5 Å². The molecule has 0 atom stereocenters. The minimum atomic E-state index is -0.851. The Morgan fingerprint density at radius 3 is 2.79 bits per heavy atom. The van der Waals surface area contributed by atoms with Crippen LogP contribution in [0.25, 0.3) is 5.65 Å². The van der Waals surface area contributed by atoms with Crippen LogP contribution in [0.4, 0.5) is 10.1 Å². The van der Waals surface area contributed by atoms with Crippen molar-refractivity contribution < 1.29 is 19.1 Å². The molecule has 1 fully saturated rings. The van der Waals surface area contributed by atoms with Gasteiger partial charge in [-0.2, -0.15) is 0 Å². The fourth-order valence-electron chi connectivity index (χ4n) is 3.16. The van der Waals surface area contributed by atoms with Crippen LogP contribution in [0.3, 0.4) is 0 Å². The standard InChI is InChI=1S/C20H19FN4O3/c21-14-6-5-13(18(26)23-12-20(28)7-3-8-20)10-15(14)24-19(27)16-11-22-17-4-1-2-9-25(16)17/h1-2,4-6,9-11,28H,3,7-8,12H2,(H,23,26)(H,24,27). The van der Waals surface area contributed by atoms with Crippen LogP contribution in [-0.2, 0) is 0 Å². The lowest BCUT2D eigenvalue weighted by Crippen LogP contribution is -2.47. The SMILES string of the molecule is O=C(NCC1(O)CCC1)c1ccc(F)c(NC(=O)c2cnc3ccccn23)c1. The second-order valence-corrected chi connectivity index (χ2v) is 6.98. The van der Waals surface area contributed by atoms with Gasteiger partial charge in [-0.1, -0.05) is 6.07 Å². The van der Waals surface area contributed by atoms with Gasteiger partial charge in [0.25, 0.3) is 11.8 Å². The van der Waals surface area contributed by atoms with Crippen molar-refractivity contribution in [3.63, 3.8) is 0 Å². The van der Waals surface area contributed by atoms with Gasteiger partial charge in [0.05, 0.1) is 17.5 Å². The molecule has 4 rings (SSSR count). The molecule has 0 unspecified atom stereocenters. The number of aromatic nitrogens is 2. The first-order valence-corrected chi connectivity index (χ1v) is 8.99. The number of rotatable bonds is 5. The molecule has 144 valence electrons. The third-order valence-corrected chi connectivity index (χ3v) is 4.99. The molecule has 1 saturated carbocycles. The maximum Gasteiger partial charge on any atom is 0.274 e. The maximum absolute atomic E-state index is 14.2. The summed E-state index contributed by atoms with van der Waals surface area (Å²) in [7, 11) is 0. The summed E-state index contributed by atoms with van der Waals surface area (Å²) in [5.41, 5.74) is 0.0754. The van der Waals surface area contributed by atoms with E-state index in [4.69, 9.17) is 0 Å². The van der Waals surface area contributed by atoms with Crippen LogP contribution < -0.4 is 10.6 Å². The quantitative estimate of drug-likeness (QED) is 0.631. The number of hydrogen-bond acceptors (Lipinski definition) is 4. The lowest BCUT2D eigenvalue weighted by Gasteiger charge is -2.36. The Morgan fingerprint density at radius 1 is 1.21 bits per heavy atom. The molecule has 28 heavy (non-hydrogen) atoms. The Balaban J connectivity index is 1.50. The molecule has 1 aromatic carbocycles. The topological polar surface area (TPSA) is 95.7 Å². The van der Waals surface area contributed by atoms with Crippen LogP contribution in [0.2, 0.25) is 0 Å². The van der Waals surface area contributed by atoms with E-state index in [0.717, 1.165) is 12.5 Å². The van der Waals surface area contributed by atoms with E-state index in [1.54, 1.807) is 28.8 Å². The number of aliphatic hydroxyl groups is 1. The zero-order valence-corrected chi connectivity index (χ0v) is 15.0. The summed E-state index contributed by atoms with van der Waals surface area (Å²) >= 11 is 0. The number of imidazole rings is 1. The predicted octanol–water partition coefficient (Wildman–Crippen LogP) is 2.37. The molecule has 0 saturated heterocycles. The largest absolute Gasteiger partial charge is 0.388 e. The number of carbonyl (C=O) groups is 2. The summed E-state index contributed by atoms with van der Waals surface area (Å²) < 4.78 is 15.8. The molecule has 2 aromatic heterocycles. The third-order valence-electron chi connectivity index (χ3n) is 4.99. The number of pyridine rings is 1. The number of carbonyl (C=O) groups excluding carboxylic acids is 2. The van der Waals surface area contributed by atoms with Gasteiger partial charge in [0.15, 0.2) is 0 Å². The van der Waals surface area contributed by atoms with E-state index in [9.17, 15) is 19.1 Å². The molecular weight excluding hydrogens is 363 g/mol. The fraction of sp³-hybridized carbons (Fsp3) is 0.250. The minimum Gasteiger partial charge on any atom is -0.388 e. The first-order chi connectivity index (χ1) is 13.5. The number of hydrogen-bond donors (Lipinski definition) is 3. The van der Waals surface area contributed by atoms with Gasteiger partial charge < -0.3 is 15.7 Å². The van der Waals surface area contributed by atoms with Gasteiger partial charge in [0.1, 0.15) is 17.2 Å². The van der Waals surface area contributed by atoms with E-state index in [1.165, 1.54) is 18.3 Å². The second kappa shape index (κ2) is 7.05. The van der Waals surface area contributed by atoms with Gasteiger partial charge in [-0.15, -0.1) is 0 Å². The number of nitrogens with zero attached hydrogens (tertiary/aromatic N) is 2. The molecule has 3 N–H and O–H groups in total. The van der Waals surface area contributed by atoms with Crippen LogP contribution >= 0.6 is 0 Å². The number of nitrogens with one attached hydrogen (secondary N) is 2. The maximum atomic E-state index is 14.2. The smallest absolute Gasteiger partial charge is 0.274 e. The molecule has 8 heteroatoms. The van der Waals surface area contributed by atoms with Crippen LogP contribution in [0.15, 0.2) is 48.8 Å². The normalized spacial score (nSPS) is 15.1. The van der Waals surface area contributed by atoms with Crippen molar-refractivity contribution in [2.45, 2.75) is 24.9 Å². The van der Waals surface area contributed by atoms with E-state index >= 15 is 0 Å². The number of anilines is 1. The number of fused-ring (bicyclic) bond motifs is 1. The zero-order valence-electron chi connectivity index (χ0n) is 15.0. The zero-order chi connectivity index (χ0) is 19.7. The molecule has 0 aliphatic heterocycles. The van der Waals surface area contributed by atoms with Crippen molar-refractivity contribution in [2.24, 2.45) is 0 Å². The van der Waals surface area contributed by atoms with Gasteiger partial charge in [0.2, 0.25) is 0 Å². The van der Waals surface area contributed by atoms with Gasteiger partial charge in [-0.25, -0.2) is 9.37 Å². The second-order valence-electron chi connectivity index (χ2n) is 6.98. The van der Waals surface area contributed by atoms with Crippen molar-refractivity contribution >= 4 is 23.1 Å². The molecule has 2 heterocycles. The van der Waals surface area contributed by atoms with Gasteiger partial charge in [-0.3, -0.25) is 14.0 Å². The van der Waals surface area contributed by atoms with Gasteiger partial charge in [0, 0.05) is 18.3 Å². The molecule has 7 nitrogen and oxygen atoms in total. The Bertz CT molecular complexity index is 1060. The first-order valence-electron chi connectivity index (χ1n) is 8.99. The molecule has 1 aliphatic rings. The van der Waals surface area contributed by atoms with Gasteiger partial charge in [-0.05, 0) is 49.6 Å². The Labute approximate surface area is 160 Å². The average molecular weight is 382 g/mol. The minimum absolute atomic E-state index is 0.106. The molecular formula is C20H19FN4O3. The van der Waals surface area contributed by atoms with Crippen LogP contribution in [0.1, 0.15) is 40.1 Å². The highest BCUT2D eigenvalue weighted by molar-refractivity contribution is 6.04. The molecule has 3 aromatic rings. The fourth-order valence-corrected chi connectivity index (χ4v) is 3.16. The van der Waals surface area contributed by atoms with Crippen LogP contribution in [0.5, 0.6) is 0 Å². The van der Waals surface area contributed by atoms with Gasteiger partial charge >= 0.3 is 0 Å². The lowest BCUT2D eigenvalue weighted by atomic mass is 9.80. The molecule has 0 spiro atoms. The Morgan fingerprint density at radius 2 is 2.04 bits per heavy atom. The molecule has 1 aliphatic carbocycles. The highest BCUT2D eigenvalue weighted by atomic mass is 19.1. The Hall–Kier alpha value is -3.26. The average Bonchev–Trinajstić information content (AvgIpc) is 3.10. The molecule has 0 radical (unpaired) electrons. The monoisotopic (exact) mass is 382 g/mol. The highest BCUT2D eigenvalue weighted by Crippen LogP contribution is 2.30. The van der Waals surface area contributed by atoms with Crippen molar-refractivity contribution in [3.8, 4) is 0 Å². The third kappa shape index (κ3) is 3.46. The molecule has 0 bridgehead atoms. The highest BCUT2D eigenvalue weighted by Gasteiger charge is 2.34. The first kappa shape index (κ1) is 18.1. The summed E-state index contributed by atoms with van der Waals surface area (Å²) in [4.78, 5) is 29.0. The van der Waals surface area contributed by atoms with Crippen molar-refractivity contribution in [2.75, 3.05) is 11.9 Å². The summed E-state index contributed by atoms with van der Waals surface area (Å²) in [6.45, 7) is 0.146. The van der Waals surface area contributed by atoms with Crippen molar-refractivity contribution in [3.05, 3.63) is 65.9 Å². The molecule has 2 amide bonds. The predicted molar refractivity (Wildman–Crippen MR) is 101 cm³/mol. The van der Waals surface area contributed by atoms with Crippen molar-refractivity contribution in [1.29, 1.82) is 0 Å². The van der Waals surface area contributed by atoms with Crippen molar-refractivity contribution in [1.82, 2.24) is 14.7 Å². The van der Waals surface area contributed by atoms with E-state index in [2.05, 4.69) is 15.6 Å². The van der Waals surface area contributed by atoms with E-state index in [0.29, 0.717) is 18.5 Å². The number of benzene rings is 1. The number of halogens is 1. The van der Waals surface area contributed by atoms with Crippen LogP contribution in [0, 0.1) is 5.82 Å². The Kier molecular flexibility index (Phi) is 4.56. The van der Waals surface area contributed by atoms with E-state index < -0.39 is 23.2 Å². The lowest BCUT2D eigenvalue weighted by molar-refractivity contribution is -0.0300. The van der Waals surface area contributed by atoms with E-state index in [1.807, 2.05) is 0 Å². The summed E-state index contributed by atoms with van der Waals surface area (Å²) in [6.07, 6.45) is 5.32. The summed E-state index contributed by atoms with van der Waals surface area (Å²) in [5, 5.41) is 15.2.